The first kappa shape index (κ1) is 20.1. The maximum atomic E-state index is 12.4. The average molecular weight is 388 g/mol. The molecule has 0 radical (unpaired) electrons. The minimum atomic E-state index is -0.0627. The van der Waals surface area contributed by atoms with Crippen molar-refractivity contribution in [1.82, 2.24) is 30.2 Å². The second-order valence-electron chi connectivity index (χ2n) is 6.89. The van der Waals surface area contributed by atoms with Gasteiger partial charge in [0, 0.05) is 45.0 Å². The number of pyridine rings is 1. The van der Waals surface area contributed by atoms with E-state index < -0.39 is 0 Å². The molecule has 9 nitrogen and oxygen atoms in total. The number of aryl methyl sites for hydroxylation is 1. The Morgan fingerprint density at radius 2 is 2.11 bits per heavy atom. The first-order valence-electron chi connectivity index (χ1n) is 9.71. The molecule has 1 N–H and O–H groups in total. The fourth-order valence-corrected chi connectivity index (χ4v) is 3.05. The van der Waals surface area contributed by atoms with E-state index in [0.29, 0.717) is 43.8 Å². The van der Waals surface area contributed by atoms with Gasteiger partial charge < -0.3 is 19.5 Å². The van der Waals surface area contributed by atoms with Crippen molar-refractivity contribution in [1.29, 1.82) is 0 Å². The molecule has 0 spiro atoms. The second kappa shape index (κ2) is 9.50. The van der Waals surface area contributed by atoms with Crippen molar-refractivity contribution in [2.24, 2.45) is 0 Å². The number of carbonyl (C=O) groups is 1. The lowest BCUT2D eigenvalue weighted by Crippen LogP contribution is -2.52. The lowest BCUT2D eigenvalue weighted by atomic mass is 10.2. The highest BCUT2D eigenvalue weighted by molar-refractivity contribution is 5.74. The Labute approximate surface area is 165 Å². The summed E-state index contributed by atoms with van der Waals surface area (Å²) in [5, 5.41) is 6.81. The molecule has 1 unspecified atom stereocenters. The van der Waals surface area contributed by atoms with Crippen LogP contribution in [0.3, 0.4) is 0 Å². The molecule has 0 aromatic carbocycles. The molecule has 3 heterocycles. The smallest absolute Gasteiger partial charge is 0.317 e. The number of hydrogen-bond donors (Lipinski definition) is 1. The largest absolute Gasteiger partial charge is 0.478 e. The summed E-state index contributed by atoms with van der Waals surface area (Å²) in [6, 6.07) is 3.74. The van der Waals surface area contributed by atoms with Crippen LogP contribution in [0.4, 0.5) is 4.79 Å². The number of urea groups is 1. The van der Waals surface area contributed by atoms with Crippen LogP contribution in [0.2, 0.25) is 0 Å². The SMILES string of the molecule is CCCOc1ccc(CNC(=O)N2CCN(C(C)c3nc(C)no3)CC2)cn1. The number of piperazine rings is 1. The quantitative estimate of drug-likeness (QED) is 0.776. The number of nitrogens with one attached hydrogen (secondary N) is 1. The first-order chi connectivity index (χ1) is 13.6. The zero-order chi connectivity index (χ0) is 19.9. The summed E-state index contributed by atoms with van der Waals surface area (Å²) in [5.41, 5.74) is 0.941. The van der Waals surface area contributed by atoms with Crippen molar-refractivity contribution >= 4 is 6.03 Å². The first-order valence-corrected chi connectivity index (χ1v) is 9.71. The molecule has 1 saturated heterocycles. The Morgan fingerprint density at radius 1 is 1.32 bits per heavy atom. The summed E-state index contributed by atoms with van der Waals surface area (Å²) < 4.78 is 10.7. The molecule has 1 atom stereocenters. The van der Waals surface area contributed by atoms with Crippen LogP contribution in [0.5, 0.6) is 5.88 Å². The summed E-state index contributed by atoms with van der Waals surface area (Å²) in [5.74, 6) is 1.87. The van der Waals surface area contributed by atoms with Gasteiger partial charge in [0.1, 0.15) is 0 Å². The molecule has 1 fully saturated rings. The van der Waals surface area contributed by atoms with E-state index in [2.05, 4.69) is 32.3 Å². The van der Waals surface area contributed by atoms with Gasteiger partial charge in [0.15, 0.2) is 5.82 Å². The van der Waals surface area contributed by atoms with Crippen LogP contribution < -0.4 is 10.1 Å². The average Bonchev–Trinajstić information content (AvgIpc) is 3.17. The maximum Gasteiger partial charge on any atom is 0.317 e. The fourth-order valence-electron chi connectivity index (χ4n) is 3.05. The molecular formula is C19H28N6O3. The normalized spacial score (nSPS) is 16.0. The predicted molar refractivity (Wildman–Crippen MR) is 103 cm³/mol. The Hall–Kier alpha value is -2.68. The van der Waals surface area contributed by atoms with E-state index in [1.54, 1.807) is 6.20 Å². The van der Waals surface area contributed by atoms with Gasteiger partial charge in [-0.2, -0.15) is 4.98 Å². The number of aromatic nitrogens is 3. The molecule has 0 bridgehead atoms. The van der Waals surface area contributed by atoms with Gasteiger partial charge in [-0.1, -0.05) is 18.1 Å². The molecule has 1 aliphatic rings. The third-order valence-corrected chi connectivity index (χ3v) is 4.75. The molecule has 2 amide bonds. The lowest BCUT2D eigenvalue weighted by Gasteiger charge is -2.36. The number of carbonyl (C=O) groups excluding carboxylic acids is 1. The molecule has 2 aromatic heterocycles. The second-order valence-corrected chi connectivity index (χ2v) is 6.89. The van der Waals surface area contributed by atoms with Gasteiger partial charge in [-0.15, -0.1) is 0 Å². The number of ether oxygens (including phenoxy) is 1. The molecule has 3 rings (SSSR count). The van der Waals surface area contributed by atoms with Crippen molar-refractivity contribution in [2.45, 2.75) is 39.8 Å². The van der Waals surface area contributed by atoms with Crippen LogP contribution in [-0.2, 0) is 6.54 Å². The highest BCUT2D eigenvalue weighted by Gasteiger charge is 2.27. The van der Waals surface area contributed by atoms with Crippen LogP contribution in [0.1, 0.15) is 43.6 Å². The van der Waals surface area contributed by atoms with E-state index in [1.165, 1.54) is 0 Å². The van der Waals surface area contributed by atoms with Gasteiger partial charge in [0.05, 0.1) is 12.6 Å². The summed E-state index contributed by atoms with van der Waals surface area (Å²) in [6.45, 7) is 9.85. The van der Waals surface area contributed by atoms with Crippen LogP contribution in [-0.4, -0.2) is 63.7 Å². The molecule has 0 saturated carbocycles. The molecule has 28 heavy (non-hydrogen) atoms. The number of amides is 2. The maximum absolute atomic E-state index is 12.4. The van der Waals surface area contributed by atoms with Crippen molar-refractivity contribution in [3.05, 3.63) is 35.6 Å². The predicted octanol–water partition coefficient (Wildman–Crippen LogP) is 2.15. The van der Waals surface area contributed by atoms with Gasteiger partial charge in [-0.25, -0.2) is 9.78 Å². The van der Waals surface area contributed by atoms with Crippen molar-refractivity contribution < 1.29 is 14.1 Å². The Bertz CT molecular complexity index is 755. The van der Waals surface area contributed by atoms with Gasteiger partial charge in [-0.3, -0.25) is 4.90 Å². The Balaban J connectivity index is 1.42. The van der Waals surface area contributed by atoms with Crippen LogP contribution >= 0.6 is 0 Å². The van der Waals surface area contributed by atoms with Gasteiger partial charge >= 0.3 is 6.03 Å². The third-order valence-electron chi connectivity index (χ3n) is 4.75. The number of hydrogen-bond acceptors (Lipinski definition) is 7. The van der Waals surface area contributed by atoms with E-state index in [1.807, 2.05) is 30.9 Å². The van der Waals surface area contributed by atoms with E-state index in [4.69, 9.17) is 9.26 Å². The molecule has 2 aromatic rings. The van der Waals surface area contributed by atoms with Gasteiger partial charge in [-0.05, 0) is 25.8 Å². The van der Waals surface area contributed by atoms with Crippen molar-refractivity contribution in [3.63, 3.8) is 0 Å². The summed E-state index contributed by atoms with van der Waals surface area (Å²) in [7, 11) is 0. The Kier molecular flexibility index (Phi) is 6.80. The van der Waals surface area contributed by atoms with Gasteiger partial charge in [0.25, 0.3) is 0 Å². The topological polar surface area (TPSA) is 96.6 Å². The summed E-state index contributed by atoms with van der Waals surface area (Å²) in [6.07, 6.45) is 2.68. The van der Waals surface area contributed by atoms with E-state index in [-0.39, 0.29) is 12.1 Å². The third kappa shape index (κ3) is 5.19. The summed E-state index contributed by atoms with van der Waals surface area (Å²) >= 11 is 0. The molecule has 152 valence electrons. The zero-order valence-electron chi connectivity index (χ0n) is 16.7. The number of rotatable bonds is 7. The Morgan fingerprint density at radius 3 is 2.71 bits per heavy atom. The fraction of sp³-hybridized carbons (Fsp3) is 0.579. The minimum Gasteiger partial charge on any atom is -0.478 e. The highest BCUT2D eigenvalue weighted by atomic mass is 16.5. The monoisotopic (exact) mass is 388 g/mol. The van der Waals surface area contributed by atoms with Crippen LogP contribution in [0, 0.1) is 6.92 Å². The zero-order valence-corrected chi connectivity index (χ0v) is 16.7. The van der Waals surface area contributed by atoms with Crippen molar-refractivity contribution in [3.8, 4) is 5.88 Å². The highest BCUT2D eigenvalue weighted by Crippen LogP contribution is 2.20. The van der Waals surface area contributed by atoms with E-state index >= 15 is 0 Å². The van der Waals surface area contributed by atoms with E-state index in [0.717, 1.165) is 25.1 Å². The standard InChI is InChI=1S/C19H28N6O3/c1-4-11-27-17-6-5-16(12-20-17)13-21-19(26)25-9-7-24(8-10-25)14(2)18-22-15(3)23-28-18/h5-6,12,14H,4,7-11,13H2,1-3H3,(H,21,26). The lowest BCUT2D eigenvalue weighted by molar-refractivity contribution is 0.0999. The molecular weight excluding hydrogens is 360 g/mol. The number of nitrogens with zero attached hydrogens (tertiary/aromatic N) is 5. The summed E-state index contributed by atoms with van der Waals surface area (Å²) in [4.78, 5) is 25.1. The minimum absolute atomic E-state index is 0.0472. The molecule has 1 aliphatic heterocycles. The molecule has 0 aliphatic carbocycles. The van der Waals surface area contributed by atoms with Gasteiger partial charge in [0.2, 0.25) is 11.8 Å². The van der Waals surface area contributed by atoms with Crippen molar-refractivity contribution in [2.75, 3.05) is 32.8 Å². The van der Waals surface area contributed by atoms with E-state index in [9.17, 15) is 4.79 Å². The van der Waals surface area contributed by atoms with Crippen LogP contribution in [0.25, 0.3) is 0 Å². The molecule has 9 heteroatoms. The van der Waals surface area contributed by atoms with Crippen LogP contribution in [0.15, 0.2) is 22.9 Å².